The van der Waals surface area contributed by atoms with Crippen LogP contribution in [0.25, 0.3) is 0 Å². The summed E-state index contributed by atoms with van der Waals surface area (Å²) in [7, 11) is 0. The van der Waals surface area contributed by atoms with Crippen LogP contribution in [0.3, 0.4) is 0 Å². The number of aromatic nitrogens is 3. The summed E-state index contributed by atoms with van der Waals surface area (Å²) >= 11 is 0. The topological polar surface area (TPSA) is 46.0 Å². The van der Waals surface area contributed by atoms with Crippen molar-refractivity contribution in [1.29, 1.82) is 0 Å². The number of hydrogen-bond acceptors (Lipinski definition) is 4. The van der Waals surface area contributed by atoms with Gasteiger partial charge >= 0.3 is 0 Å². The molecule has 1 saturated carbocycles. The molecule has 0 bridgehead atoms. The van der Waals surface area contributed by atoms with Crippen LogP contribution in [0.15, 0.2) is 6.33 Å². The third-order valence-electron chi connectivity index (χ3n) is 4.20. The second kappa shape index (κ2) is 6.01. The molecular weight excluding hydrogens is 238 g/mol. The second-order valence-electron chi connectivity index (χ2n) is 5.89. The average molecular weight is 263 g/mol. The highest BCUT2D eigenvalue weighted by Crippen LogP contribution is 2.33. The molecule has 1 atom stereocenters. The molecule has 5 heteroatoms. The highest BCUT2D eigenvalue weighted by Gasteiger charge is 2.33. The van der Waals surface area contributed by atoms with E-state index in [-0.39, 0.29) is 0 Å². The maximum atomic E-state index is 4.43. The Morgan fingerprint density at radius 3 is 3.11 bits per heavy atom. The first-order valence-corrected chi connectivity index (χ1v) is 7.69. The van der Waals surface area contributed by atoms with Crippen molar-refractivity contribution in [2.45, 2.75) is 51.7 Å². The highest BCUT2D eigenvalue weighted by molar-refractivity contribution is 4.92. The van der Waals surface area contributed by atoms with Crippen molar-refractivity contribution < 1.29 is 0 Å². The molecular formula is C14H25N5. The van der Waals surface area contributed by atoms with Gasteiger partial charge < -0.3 is 5.32 Å². The fraction of sp³-hybridized carbons (Fsp3) is 0.857. The van der Waals surface area contributed by atoms with Gasteiger partial charge in [-0.2, -0.15) is 5.10 Å². The molecule has 0 amide bonds. The van der Waals surface area contributed by atoms with Crippen LogP contribution in [-0.4, -0.2) is 45.3 Å². The smallest absolute Gasteiger partial charge is 0.141 e. The normalized spacial score (nSPS) is 25.4. The van der Waals surface area contributed by atoms with Gasteiger partial charge in [-0.05, 0) is 44.7 Å². The Morgan fingerprint density at radius 1 is 1.42 bits per heavy atom. The van der Waals surface area contributed by atoms with Crippen LogP contribution in [0.2, 0.25) is 0 Å². The zero-order chi connectivity index (χ0) is 13.1. The van der Waals surface area contributed by atoms with Gasteiger partial charge in [0.25, 0.3) is 0 Å². The third kappa shape index (κ3) is 3.34. The van der Waals surface area contributed by atoms with Crippen molar-refractivity contribution in [3.8, 4) is 0 Å². The van der Waals surface area contributed by atoms with Gasteiger partial charge in [0.1, 0.15) is 12.2 Å². The van der Waals surface area contributed by atoms with Crippen LogP contribution in [0.5, 0.6) is 0 Å². The Hall–Kier alpha value is -0.940. The van der Waals surface area contributed by atoms with E-state index < -0.39 is 0 Å². The number of aryl methyl sites for hydroxylation is 1. The molecule has 2 heterocycles. The highest BCUT2D eigenvalue weighted by atomic mass is 15.3. The van der Waals surface area contributed by atoms with Crippen molar-refractivity contribution in [3.05, 3.63) is 12.2 Å². The predicted molar refractivity (Wildman–Crippen MR) is 74.7 cm³/mol. The zero-order valence-electron chi connectivity index (χ0n) is 11.9. The Kier molecular flexibility index (Phi) is 4.13. The van der Waals surface area contributed by atoms with E-state index in [4.69, 9.17) is 0 Å². The van der Waals surface area contributed by atoms with E-state index in [1.165, 1.54) is 38.9 Å². The minimum atomic E-state index is 0.699. The Balaban J connectivity index is 1.62. The van der Waals surface area contributed by atoms with Crippen molar-refractivity contribution >= 4 is 0 Å². The minimum absolute atomic E-state index is 0.699. The summed E-state index contributed by atoms with van der Waals surface area (Å²) in [4.78, 5) is 6.99. The van der Waals surface area contributed by atoms with Gasteiger partial charge in [0.2, 0.25) is 0 Å². The quantitative estimate of drug-likeness (QED) is 0.869. The van der Waals surface area contributed by atoms with E-state index in [9.17, 15) is 0 Å². The molecule has 1 aromatic heterocycles. The first kappa shape index (κ1) is 13.1. The van der Waals surface area contributed by atoms with Crippen LogP contribution in [0.4, 0.5) is 0 Å². The summed E-state index contributed by atoms with van der Waals surface area (Å²) in [6, 6.07) is 0.699. The molecule has 1 aliphatic carbocycles. The summed E-state index contributed by atoms with van der Waals surface area (Å²) in [6.07, 6.45) is 6.88. The molecule has 1 N–H and O–H groups in total. The molecule has 0 aromatic carbocycles. The average Bonchev–Trinajstić information content (AvgIpc) is 3.18. The lowest BCUT2D eigenvalue weighted by Crippen LogP contribution is -2.39. The maximum absolute atomic E-state index is 4.43. The molecule has 1 saturated heterocycles. The zero-order valence-corrected chi connectivity index (χ0v) is 11.9. The summed E-state index contributed by atoms with van der Waals surface area (Å²) in [6.45, 7) is 7.63. The van der Waals surface area contributed by atoms with Gasteiger partial charge in [-0.1, -0.05) is 6.92 Å². The molecule has 2 aliphatic rings. The van der Waals surface area contributed by atoms with Crippen LogP contribution < -0.4 is 5.32 Å². The Morgan fingerprint density at radius 2 is 2.32 bits per heavy atom. The molecule has 0 spiro atoms. The fourth-order valence-corrected chi connectivity index (χ4v) is 2.99. The van der Waals surface area contributed by atoms with Crippen molar-refractivity contribution in [1.82, 2.24) is 25.0 Å². The summed E-state index contributed by atoms with van der Waals surface area (Å²) in [5.74, 6) is 2.05. The Labute approximate surface area is 115 Å². The summed E-state index contributed by atoms with van der Waals surface area (Å²) in [5.41, 5.74) is 0. The van der Waals surface area contributed by atoms with E-state index in [2.05, 4.69) is 31.9 Å². The molecule has 19 heavy (non-hydrogen) atoms. The number of nitrogens with zero attached hydrogens (tertiary/aromatic N) is 4. The Bertz CT molecular complexity index is 398. The number of hydrogen-bond donors (Lipinski definition) is 1. The molecule has 106 valence electrons. The lowest BCUT2D eigenvalue weighted by atomic mass is 10.2. The molecule has 1 unspecified atom stereocenters. The molecule has 2 fully saturated rings. The molecule has 5 nitrogen and oxygen atoms in total. The minimum Gasteiger partial charge on any atom is -0.312 e. The number of rotatable bonds is 5. The van der Waals surface area contributed by atoms with Crippen molar-refractivity contribution in [3.63, 3.8) is 0 Å². The number of nitrogens with one attached hydrogen (secondary N) is 1. The van der Waals surface area contributed by atoms with Crippen molar-refractivity contribution in [2.75, 3.05) is 19.6 Å². The van der Waals surface area contributed by atoms with E-state index >= 15 is 0 Å². The fourth-order valence-electron chi connectivity index (χ4n) is 2.99. The largest absolute Gasteiger partial charge is 0.312 e. The molecule has 1 aromatic rings. The lowest BCUT2D eigenvalue weighted by Gasteiger charge is -2.24. The predicted octanol–water partition coefficient (Wildman–Crippen LogP) is 1.26. The standard InChI is InChI=1S/C14H25N5/c1-2-7-19-14(16-11-17-19)10-18-8-3-6-15-13(9-18)12-4-5-12/h11-13,15H,2-10H2,1H3. The SMILES string of the molecule is CCCn1ncnc1CN1CCCNC(C2CC2)C1. The van der Waals surface area contributed by atoms with Crippen molar-refractivity contribution in [2.24, 2.45) is 5.92 Å². The van der Waals surface area contributed by atoms with E-state index in [0.29, 0.717) is 6.04 Å². The summed E-state index contributed by atoms with van der Waals surface area (Å²) in [5, 5.41) is 8.03. The van der Waals surface area contributed by atoms with Crippen LogP contribution in [0, 0.1) is 5.92 Å². The second-order valence-corrected chi connectivity index (χ2v) is 5.89. The lowest BCUT2D eigenvalue weighted by molar-refractivity contribution is 0.240. The van der Waals surface area contributed by atoms with Gasteiger partial charge in [-0.3, -0.25) is 4.90 Å². The monoisotopic (exact) mass is 263 g/mol. The van der Waals surface area contributed by atoms with Gasteiger partial charge in [-0.25, -0.2) is 9.67 Å². The van der Waals surface area contributed by atoms with Gasteiger partial charge in [-0.15, -0.1) is 0 Å². The van der Waals surface area contributed by atoms with Gasteiger partial charge in [0.15, 0.2) is 0 Å². The van der Waals surface area contributed by atoms with Crippen LogP contribution >= 0.6 is 0 Å². The van der Waals surface area contributed by atoms with E-state index in [1.807, 2.05) is 0 Å². The molecule has 1 aliphatic heterocycles. The van der Waals surface area contributed by atoms with E-state index in [0.717, 1.165) is 31.3 Å². The summed E-state index contributed by atoms with van der Waals surface area (Å²) < 4.78 is 2.06. The molecule has 3 rings (SSSR count). The maximum Gasteiger partial charge on any atom is 0.141 e. The molecule has 0 radical (unpaired) electrons. The third-order valence-corrected chi connectivity index (χ3v) is 4.20. The van der Waals surface area contributed by atoms with Gasteiger partial charge in [0, 0.05) is 19.1 Å². The first-order valence-electron chi connectivity index (χ1n) is 7.69. The van der Waals surface area contributed by atoms with Crippen LogP contribution in [0.1, 0.15) is 38.4 Å². The van der Waals surface area contributed by atoms with E-state index in [1.54, 1.807) is 6.33 Å². The van der Waals surface area contributed by atoms with Gasteiger partial charge in [0.05, 0.1) is 6.54 Å². The first-order chi connectivity index (χ1) is 9.36. The van der Waals surface area contributed by atoms with Crippen LogP contribution in [-0.2, 0) is 13.1 Å².